The van der Waals surface area contributed by atoms with Crippen molar-refractivity contribution < 1.29 is 13.9 Å². The van der Waals surface area contributed by atoms with E-state index in [1.54, 1.807) is 0 Å². The van der Waals surface area contributed by atoms with E-state index in [0.29, 0.717) is 6.54 Å². The maximum Gasteiger partial charge on any atom is 0.237 e. The lowest BCUT2D eigenvalue weighted by Gasteiger charge is -2.41. The van der Waals surface area contributed by atoms with E-state index in [1.165, 1.54) is 12.1 Å². The predicted octanol–water partition coefficient (Wildman–Crippen LogP) is 3.11. The zero-order valence-electron chi connectivity index (χ0n) is 16.3. The Hall–Kier alpha value is -1.46. The molecule has 2 aliphatic rings. The Labute approximate surface area is 156 Å². The first kappa shape index (κ1) is 19.3. The lowest BCUT2D eigenvalue weighted by molar-refractivity contribution is -0.135. The van der Waals surface area contributed by atoms with Crippen LogP contribution in [-0.4, -0.2) is 48.7 Å². The molecule has 1 aliphatic carbocycles. The van der Waals surface area contributed by atoms with Gasteiger partial charge in [-0.15, -0.1) is 0 Å². The lowest BCUT2D eigenvalue weighted by atomic mass is 9.95. The van der Waals surface area contributed by atoms with Crippen LogP contribution in [0.3, 0.4) is 0 Å². The van der Waals surface area contributed by atoms with E-state index in [4.69, 9.17) is 4.74 Å². The smallest absolute Gasteiger partial charge is 0.237 e. The van der Waals surface area contributed by atoms with Gasteiger partial charge in [-0.05, 0) is 50.3 Å². The van der Waals surface area contributed by atoms with Crippen LogP contribution in [-0.2, 0) is 14.9 Å². The van der Waals surface area contributed by atoms with Crippen molar-refractivity contribution in [3.8, 4) is 0 Å². The molecule has 3 unspecified atom stereocenters. The summed E-state index contributed by atoms with van der Waals surface area (Å²) < 4.78 is 19.0. The number of nitrogens with zero attached hydrogens (tertiary/aromatic N) is 1. The standard InChI is InChI=1S/C21H31FN2O2/c1-14(2)19(24-11-15(3)26-16(4)12-24)20(25)23-13-21(9-10-21)17-5-7-18(22)8-6-17/h5-8,14-16,19H,9-13H2,1-4H3,(H,23,25). The average Bonchev–Trinajstić information content (AvgIpc) is 3.33. The van der Waals surface area contributed by atoms with Crippen LogP contribution in [0.2, 0.25) is 0 Å². The van der Waals surface area contributed by atoms with Crippen LogP contribution in [0.15, 0.2) is 24.3 Å². The number of nitrogens with one attached hydrogen (secondary N) is 1. The molecule has 2 fully saturated rings. The molecule has 1 saturated heterocycles. The summed E-state index contributed by atoms with van der Waals surface area (Å²) in [6, 6.07) is 6.56. The van der Waals surface area contributed by atoms with Crippen molar-refractivity contribution in [1.29, 1.82) is 0 Å². The number of halogens is 1. The summed E-state index contributed by atoms with van der Waals surface area (Å²) in [5, 5.41) is 3.19. The number of benzene rings is 1. The van der Waals surface area contributed by atoms with E-state index in [-0.39, 0.29) is 41.3 Å². The van der Waals surface area contributed by atoms with Crippen LogP contribution in [0, 0.1) is 11.7 Å². The fourth-order valence-corrected chi connectivity index (χ4v) is 4.22. The Morgan fingerprint density at radius 3 is 2.31 bits per heavy atom. The van der Waals surface area contributed by atoms with Gasteiger partial charge in [0, 0.05) is 25.0 Å². The van der Waals surface area contributed by atoms with Crippen LogP contribution in [0.1, 0.15) is 46.1 Å². The van der Waals surface area contributed by atoms with Gasteiger partial charge in [0.05, 0.1) is 18.2 Å². The van der Waals surface area contributed by atoms with Crippen LogP contribution in [0.5, 0.6) is 0 Å². The molecule has 0 radical (unpaired) electrons. The van der Waals surface area contributed by atoms with E-state index in [0.717, 1.165) is 31.5 Å². The van der Waals surface area contributed by atoms with Crippen LogP contribution < -0.4 is 5.32 Å². The van der Waals surface area contributed by atoms with E-state index < -0.39 is 0 Å². The number of amides is 1. The normalized spacial score (nSPS) is 26.5. The molecular formula is C21H31FN2O2. The van der Waals surface area contributed by atoms with Gasteiger partial charge in [-0.1, -0.05) is 26.0 Å². The first-order chi connectivity index (χ1) is 12.3. The summed E-state index contributed by atoms with van der Waals surface area (Å²) in [6.45, 7) is 10.5. The molecule has 3 rings (SSSR count). The van der Waals surface area contributed by atoms with Gasteiger partial charge in [-0.25, -0.2) is 4.39 Å². The summed E-state index contributed by atoms with van der Waals surface area (Å²) in [7, 11) is 0. The third kappa shape index (κ3) is 4.26. The largest absolute Gasteiger partial charge is 0.373 e. The number of morpholine rings is 1. The van der Waals surface area contributed by atoms with Crippen molar-refractivity contribution in [3.63, 3.8) is 0 Å². The second-order valence-electron chi connectivity index (χ2n) is 8.41. The second-order valence-corrected chi connectivity index (χ2v) is 8.41. The third-order valence-electron chi connectivity index (χ3n) is 5.65. The van der Waals surface area contributed by atoms with E-state index in [9.17, 15) is 9.18 Å². The van der Waals surface area contributed by atoms with Crippen LogP contribution in [0.4, 0.5) is 4.39 Å². The van der Waals surface area contributed by atoms with Gasteiger partial charge in [0.2, 0.25) is 5.91 Å². The van der Waals surface area contributed by atoms with Gasteiger partial charge in [0.1, 0.15) is 5.82 Å². The van der Waals surface area contributed by atoms with Gasteiger partial charge in [0.15, 0.2) is 0 Å². The van der Waals surface area contributed by atoms with Crippen molar-refractivity contribution in [3.05, 3.63) is 35.6 Å². The molecule has 1 heterocycles. The molecule has 1 aromatic rings. The Balaban J connectivity index is 1.64. The summed E-state index contributed by atoms with van der Waals surface area (Å²) in [6.07, 6.45) is 2.36. The van der Waals surface area contributed by atoms with Crippen molar-refractivity contribution >= 4 is 5.91 Å². The first-order valence-corrected chi connectivity index (χ1v) is 9.74. The van der Waals surface area contributed by atoms with Crippen LogP contribution in [0.25, 0.3) is 0 Å². The summed E-state index contributed by atoms with van der Waals surface area (Å²) in [5.41, 5.74) is 1.10. The molecule has 1 N–H and O–H groups in total. The fraction of sp³-hybridized carbons (Fsp3) is 0.667. The highest BCUT2D eigenvalue weighted by atomic mass is 19.1. The molecular weight excluding hydrogens is 331 g/mol. The van der Waals surface area contributed by atoms with Crippen LogP contribution >= 0.6 is 0 Å². The predicted molar refractivity (Wildman–Crippen MR) is 101 cm³/mol. The highest BCUT2D eigenvalue weighted by Crippen LogP contribution is 2.47. The molecule has 1 amide bonds. The molecule has 0 aromatic heterocycles. The molecule has 26 heavy (non-hydrogen) atoms. The highest BCUT2D eigenvalue weighted by molar-refractivity contribution is 5.82. The number of carbonyl (C=O) groups is 1. The topological polar surface area (TPSA) is 41.6 Å². The molecule has 1 aliphatic heterocycles. The van der Waals surface area contributed by atoms with Gasteiger partial charge < -0.3 is 10.1 Å². The molecule has 4 nitrogen and oxygen atoms in total. The third-order valence-corrected chi connectivity index (χ3v) is 5.65. The average molecular weight is 362 g/mol. The van der Waals surface area contributed by atoms with E-state index >= 15 is 0 Å². The number of carbonyl (C=O) groups excluding carboxylic acids is 1. The van der Waals surface area contributed by atoms with Crippen molar-refractivity contribution in [2.24, 2.45) is 5.92 Å². The zero-order chi connectivity index (χ0) is 18.9. The Bertz CT molecular complexity index is 617. The number of hydrogen-bond donors (Lipinski definition) is 1. The van der Waals surface area contributed by atoms with Crippen molar-refractivity contribution in [2.75, 3.05) is 19.6 Å². The molecule has 1 saturated carbocycles. The molecule has 5 heteroatoms. The molecule has 3 atom stereocenters. The van der Waals surface area contributed by atoms with Gasteiger partial charge in [0.25, 0.3) is 0 Å². The summed E-state index contributed by atoms with van der Waals surface area (Å²) in [4.78, 5) is 15.3. The minimum Gasteiger partial charge on any atom is -0.373 e. The maximum atomic E-state index is 13.2. The fourth-order valence-electron chi connectivity index (χ4n) is 4.22. The quantitative estimate of drug-likeness (QED) is 0.845. The minimum absolute atomic E-state index is 0.0174. The molecule has 144 valence electrons. The number of ether oxygens (including phenoxy) is 1. The summed E-state index contributed by atoms with van der Waals surface area (Å²) in [5.74, 6) is 0.104. The Kier molecular flexibility index (Phi) is 5.68. The molecule has 0 spiro atoms. The van der Waals surface area contributed by atoms with Gasteiger partial charge in [-0.3, -0.25) is 9.69 Å². The Morgan fingerprint density at radius 1 is 1.23 bits per heavy atom. The van der Waals surface area contributed by atoms with E-state index in [2.05, 4.69) is 37.9 Å². The second kappa shape index (κ2) is 7.65. The maximum absolute atomic E-state index is 13.2. The van der Waals surface area contributed by atoms with Crippen molar-refractivity contribution in [2.45, 2.75) is 64.2 Å². The molecule has 1 aromatic carbocycles. The zero-order valence-corrected chi connectivity index (χ0v) is 16.3. The minimum atomic E-state index is -0.219. The number of hydrogen-bond acceptors (Lipinski definition) is 3. The monoisotopic (exact) mass is 362 g/mol. The molecule has 0 bridgehead atoms. The SMILES string of the molecule is CC1CN(C(C(=O)NCC2(c3ccc(F)cc3)CC2)C(C)C)CC(C)O1. The van der Waals surface area contributed by atoms with Crippen molar-refractivity contribution in [1.82, 2.24) is 10.2 Å². The Morgan fingerprint density at radius 2 is 1.81 bits per heavy atom. The first-order valence-electron chi connectivity index (χ1n) is 9.74. The van der Waals surface area contributed by atoms with E-state index in [1.807, 2.05) is 12.1 Å². The lowest BCUT2D eigenvalue weighted by Crippen LogP contribution is -2.57. The highest BCUT2D eigenvalue weighted by Gasteiger charge is 2.45. The van der Waals surface area contributed by atoms with Gasteiger partial charge in [-0.2, -0.15) is 0 Å². The van der Waals surface area contributed by atoms with Gasteiger partial charge >= 0.3 is 0 Å². The summed E-state index contributed by atoms with van der Waals surface area (Å²) >= 11 is 0. The number of rotatable bonds is 6.